The highest BCUT2D eigenvalue weighted by molar-refractivity contribution is 7.99. The summed E-state index contributed by atoms with van der Waals surface area (Å²) < 4.78 is 1.92. The SMILES string of the molecule is Cc1ccc(C(=O)CSc2nnnn2C2CCCCC2)c(C)c1. The maximum absolute atomic E-state index is 12.5. The Hall–Kier alpha value is -1.69. The molecule has 1 heterocycles. The summed E-state index contributed by atoms with van der Waals surface area (Å²) >= 11 is 1.44. The third-order valence-corrected chi connectivity index (χ3v) is 5.33. The number of tetrazole rings is 1. The van der Waals surface area contributed by atoms with Gasteiger partial charge in [-0.1, -0.05) is 54.8 Å². The molecule has 0 spiro atoms. The van der Waals surface area contributed by atoms with E-state index in [0.29, 0.717) is 11.8 Å². The molecule has 2 aromatic rings. The Bertz CT molecular complexity index is 692. The molecule has 5 nitrogen and oxygen atoms in total. The molecule has 6 heteroatoms. The van der Waals surface area contributed by atoms with E-state index in [1.54, 1.807) is 0 Å². The minimum absolute atomic E-state index is 0.130. The lowest BCUT2D eigenvalue weighted by Crippen LogP contribution is -2.16. The van der Waals surface area contributed by atoms with Crippen LogP contribution in [0.3, 0.4) is 0 Å². The van der Waals surface area contributed by atoms with E-state index in [1.165, 1.54) is 36.6 Å². The van der Waals surface area contributed by atoms with Crippen molar-refractivity contribution in [3.05, 3.63) is 34.9 Å². The first-order valence-corrected chi connectivity index (χ1v) is 9.15. The molecular weight excluding hydrogens is 308 g/mol. The average Bonchev–Trinajstić information content (AvgIpc) is 3.02. The summed E-state index contributed by atoms with van der Waals surface area (Å²) in [5.41, 5.74) is 3.00. The number of carbonyl (C=O) groups is 1. The zero-order valence-electron chi connectivity index (χ0n) is 13.7. The molecule has 0 unspecified atom stereocenters. The Balaban J connectivity index is 1.66. The molecule has 23 heavy (non-hydrogen) atoms. The van der Waals surface area contributed by atoms with Crippen LogP contribution in [0.25, 0.3) is 0 Å². The van der Waals surface area contributed by atoms with Gasteiger partial charge in [0.1, 0.15) is 0 Å². The zero-order valence-corrected chi connectivity index (χ0v) is 14.5. The number of aryl methyl sites for hydroxylation is 2. The monoisotopic (exact) mass is 330 g/mol. The second-order valence-electron chi connectivity index (χ2n) is 6.23. The van der Waals surface area contributed by atoms with Crippen molar-refractivity contribution in [1.29, 1.82) is 0 Å². The largest absolute Gasteiger partial charge is 0.293 e. The van der Waals surface area contributed by atoms with Crippen LogP contribution in [-0.4, -0.2) is 31.7 Å². The van der Waals surface area contributed by atoms with Crippen LogP contribution in [0.5, 0.6) is 0 Å². The normalized spacial score (nSPS) is 15.7. The van der Waals surface area contributed by atoms with Gasteiger partial charge in [0.15, 0.2) is 5.78 Å². The fraction of sp³-hybridized carbons (Fsp3) is 0.529. The van der Waals surface area contributed by atoms with E-state index in [1.807, 2.05) is 36.7 Å². The topological polar surface area (TPSA) is 60.7 Å². The number of ketones is 1. The Morgan fingerprint density at radius 1 is 1.26 bits per heavy atom. The lowest BCUT2D eigenvalue weighted by atomic mass is 9.96. The fourth-order valence-corrected chi connectivity index (χ4v) is 4.00. The molecule has 0 amide bonds. The van der Waals surface area contributed by atoms with E-state index in [4.69, 9.17) is 0 Å². The number of hydrogen-bond donors (Lipinski definition) is 0. The number of aromatic nitrogens is 4. The molecule has 122 valence electrons. The standard InChI is InChI=1S/C17H22N4OS/c1-12-8-9-15(13(2)10-12)16(22)11-23-17-18-19-20-21(17)14-6-4-3-5-7-14/h8-10,14H,3-7,11H2,1-2H3. The minimum Gasteiger partial charge on any atom is -0.293 e. The Morgan fingerprint density at radius 2 is 2.04 bits per heavy atom. The van der Waals surface area contributed by atoms with E-state index in [9.17, 15) is 4.79 Å². The zero-order chi connectivity index (χ0) is 16.2. The highest BCUT2D eigenvalue weighted by Crippen LogP contribution is 2.30. The molecule has 0 aliphatic heterocycles. The molecule has 1 saturated carbocycles. The van der Waals surface area contributed by atoms with Gasteiger partial charge in [-0.15, -0.1) is 5.10 Å². The van der Waals surface area contributed by atoms with Crippen molar-refractivity contribution in [1.82, 2.24) is 20.2 Å². The number of nitrogens with zero attached hydrogens (tertiary/aromatic N) is 4. The van der Waals surface area contributed by atoms with Gasteiger partial charge in [-0.05, 0) is 42.7 Å². The van der Waals surface area contributed by atoms with Crippen LogP contribution in [0.4, 0.5) is 0 Å². The Labute approximate surface area is 140 Å². The third-order valence-electron chi connectivity index (χ3n) is 4.40. The summed E-state index contributed by atoms with van der Waals surface area (Å²) in [4.78, 5) is 12.5. The quantitative estimate of drug-likeness (QED) is 0.617. The first kappa shape index (κ1) is 16.2. The van der Waals surface area contributed by atoms with Gasteiger partial charge in [0.05, 0.1) is 11.8 Å². The van der Waals surface area contributed by atoms with Crippen LogP contribution >= 0.6 is 11.8 Å². The molecule has 0 bridgehead atoms. The lowest BCUT2D eigenvalue weighted by Gasteiger charge is -2.21. The molecular formula is C17H22N4OS. The summed E-state index contributed by atoms with van der Waals surface area (Å²) in [6.45, 7) is 4.02. The predicted molar refractivity (Wildman–Crippen MR) is 90.9 cm³/mol. The summed E-state index contributed by atoms with van der Waals surface area (Å²) in [6.07, 6.45) is 6.02. The van der Waals surface area contributed by atoms with Gasteiger partial charge in [-0.2, -0.15) is 0 Å². The molecule has 1 fully saturated rings. The summed E-state index contributed by atoms with van der Waals surface area (Å²) in [6, 6.07) is 6.33. The highest BCUT2D eigenvalue weighted by Gasteiger charge is 2.21. The Morgan fingerprint density at radius 3 is 2.78 bits per heavy atom. The van der Waals surface area contributed by atoms with Gasteiger partial charge in [-0.25, -0.2) is 4.68 Å². The number of carbonyl (C=O) groups excluding carboxylic acids is 1. The van der Waals surface area contributed by atoms with Crippen molar-refractivity contribution in [2.75, 3.05) is 5.75 Å². The van der Waals surface area contributed by atoms with Crippen LogP contribution in [0.1, 0.15) is 59.6 Å². The van der Waals surface area contributed by atoms with Crippen molar-refractivity contribution >= 4 is 17.5 Å². The molecule has 1 aromatic carbocycles. The molecule has 0 atom stereocenters. The van der Waals surface area contributed by atoms with Crippen LogP contribution in [0.2, 0.25) is 0 Å². The fourth-order valence-electron chi connectivity index (χ4n) is 3.17. The molecule has 1 aliphatic carbocycles. The maximum Gasteiger partial charge on any atom is 0.210 e. The smallest absolute Gasteiger partial charge is 0.210 e. The van der Waals surface area contributed by atoms with Crippen molar-refractivity contribution in [3.63, 3.8) is 0 Å². The van der Waals surface area contributed by atoms with Crippen LogP contribution in [0.15, 0.2) is 23.4 Å². The van der Waals surface area contributed by atoms with E-state index in [2.05, 4.69) is 15.5 Å². The molecule has 1 aromatic heterocycles. The van der Waals surface area contributed by atoms with Crippen molar-refractivity contribution in [2.45, 2.75) is 57.1 Å². The number of rotatable bonds is 5. The first-order valence-electron chi connectivity index (χ1n) is 8.16. The third kappa shape index (κ3) is 3.80. The number of Topliss-reactive ketones (excluding diaryl/α,β-unsaturated/α-hetero) is 1. The minimum atomic E-state index is 0.130. The van der Waals surface area contributed by atoms with Crippen molar-refractivity contribution in [2.24, 2.45) is 0 Å². The first-order chi connectivity index (χ1) is 11.1. The van der Waals surface area contributed by atoms with Crippen LogP contribution in [0, 0.1) is 13.8 Å². The molecule has 0 radical (unpaired) electrons. The number of benzene rings is 1. The predicted octanol–water partition coefficient (Wildman–Crippen LogP) is 3.77. The van der Waals surface area contributed by atoms with Gasteiger partial charge >= 0.3 is 0 Å². The Kier molecular flexibility index (Phi) is 5.10. The second kappa shape index (κ2) is 7.25. The lowest BCUT2D eigenvalue weighted by molar-refractivity contribution is 0.102. The highest BCUT2D eigenvalue weighted by atomic mass is 32.2. The molecule has 3 rings (SSSR count). The van der Waals surface area contributed by atoms with Gasteiger partial charge in [0.2, 0.25) is 5.16 Å². The van der Waals surface area contributed by atoms with E-state index in [0.717, 1.165) is 29.1 Å². The van der Waals surface area contributed by atoms with Crippen LogP contribution in [-0.2, 0) is 0 Å². The van der Waals surface area contributed by atoms with Gasteiger partial charge in [0, 0.05) is 5.56 Å². The summed E-state index contributed by atoms with van der Waals surface area (Å²) in [5, 5.41) is 12.8. The van der Waals surface area contributed by atoms with Gasteiger partial charge in [0.25, 0.3) is 0 Å². The van der Waals surface area contributed by atoms with Gasteiger partial charge in [-0.3, -0.25) is 4.79 Å². The summed E-state index contributed by atoms with van der Waals surface area (Å²) in [5.74, 6) is 0.502. The van der Waals surface area contributed by atoms with E-state index < -0.39 is 0 Å². The number of thioether (sulfide) groups is 1. The van der Waals surface area contributed by atoms with E-state index >= 15 is 0 Å². The molecule has 0 saturated heterocycles. The molecule has 1 aliphatic rings. The van der Waals surface area contributed by atoms with E-state index in [-0.39, 0.29) is 5.78 Å². The summed E-state index contributed by atoms with van der Waals surface area (Å²) in [7, 11) is 0. The maximum atomic E-state index is 12.5. The second-order valence-corrected chi connectivity index (χ2v) is 7.17. The molecule has 0 N–H and O–H groups in total. The van der Waals surface area contributed by atoms with Crippen molar-refractivity contribution in [3.8, 4) is 0 Å². The van der Waals surface area contributed by atoms with Gasteiger partial charge < -0.3 is 0 Å². The van der Waals surface area contributed by atoms with Crippen molar-refractivity contribution < 1.29 is 4.79 Å². The average molecular weight is 330 g/mol. The number of hydrogen-bond acceptors (Lipinski definition) is 5. The van der Waals surface area contributed by atoms with Crippen LogP contribution < -0.4 is 0 Å².